The second-order valence-electron chi connectivity index (χ2n) is 4.76. The predicted octanol–water partition coefficient (Wildman–Crippen LogP) is 1.98. The van der Waals surface area contributed by atoms with Crippen LogP contribution in [0, 0.1) is 0 Å². The summed E-state index contributed by atoms with van der Waals surface area (Å²) in [6, 6.07) is 1.82. The Morgan fingerprint density at radius 3 is 2.79 bits per heavy atom. The fourth-order valence-electron chi connectivity index (χ4n) is 2.27. The van der Waals surface area contributed by atoms with Gasteiger partial charge in [-0.25, -0.2) is 4.79 Å². The molecule has 2 rings (SSSR count). The van der Waals surface area contributed by atoms with E-state index in [0.29, 0.717) is 18.1 Å². The van der Waals surface area contributed by atoms with E-state index in [9.17, 15) is 9.59 Å². The number of nitrogens with one attached hydrogen (secondary N) is 1. The Balaban J connectivity index is 2.17. The molecule has 1 aliphatic carbocycles. The minimum Gasteiger partial charge on any atom is -0.478 e. The summed E-state index contributed by atoms with van der Waals surface area (Å²) in [5.74, 6) is -0.0931. The van der Waals surface area contributed by atoms with Crippen molar-refractivity contribution in [3.05, 3.63) is 23.5 Å². The van der Waals surface area contributed by atoms with Crippen LogP contribution in [0.3, 0.4) is 0 Å². The van der Waals surface area contributed by atoms with Gasteiger partial charge in [0.1, 0.15) is 5.82 Å². The van der Waals surface area contributed by atoms with Gasteiger partial charge < -0.3 is 10.4 Å². The largest absolute Gasteiger partial charge is 0.478 e. The first-order chi connectivity index (χ1) is 9.11. The zero-order valence-electron chi connectivity index (χ0n) is 10.8. The Labute approximate surface area is 111 Å². The molecule has 0 atom stereocenters. The topological polar surface area (TPSA) is 84.2 Å². The van der Waals surface area contributed by atoms with Crippen LogP contribution in [-0.2, 0) is 9.59 Å². The van der Waals surface area contributed by atoms with Gasteiger partial charge in [-0.2, -0.15) is 9.78 Å². The number of aromatic nitrogens is 2. The highest BCUT2D eigenvalue weighted by Gasteiger charge is 2.21. The van der Waals surface area contributed by atoms with E-state index in [0.717, 1.165) is 18.5 Å². The van der Waals surface area contributed by atoms with Crippen LogP contribution in [0.1, 0.15) is 44.2 Å². The molecule has 0 aromatic carbocycles. The standard InChI is InChI=1S/C13H17N3O3/c1-9(13(18)19)7-14-12-6-11(15-16(12)8-17)10-4-2-3-5-10/h6-8,10,14H,2-5H2,1H3,(H,18,19)/b9-7+. The third-order valence-corrected chi connectivity index (χ3v) is 3.40. The molecule has 6 nitrogen and oxygen atoms in total. The Kier molecular flexibility index (Phi) is 3.99. The van der Waals surface area contributed by atoms with Crippen molar-refractivity contribution in [2.45, 2.75) is 38.5 Å². The van der Waals surface area contributed by atoms with Crippen LogP contribution in [0.25, 0.3) is 0 Å². The lowest BCUT2D eigenvalue weighted by Gasteiger charge is -2.02. The highest BCUT2D eigenvalue weighted by molar-refractivity contribution is 5.86. The van der Waals surface area contributed by atoms with Gasteiger partial charge in [0.15, 0.2) is 0 Å². The van der Waals surface area contributed by atoms with Gasteiger partial charge in [-0.05, 0) is 19.8 Å². The van der Waals surface area contributed by atoms with Gasteiger partial charge in [0.25, 0.3) is 0 Å². The maximum absolute atomic E-state index is 11.0. The Morgan fingerprint density at radius 2 is 2.21 bits per heavy atom. The molecule has 0 amide bonds. The Morgan fingerprint density at radius 1 is 1.53 bits per heavy atom. The average Bonchev–Trinajstić information content (AvgIpc) is 3.03. The van der Waals surface area contributed by atoms with Crippen molar-refractivity contribution in [3.8, 4) is 0 Å². The van der Waals surface area contributed by atoms with Crippen LogP contribution in [0.15, 0.2) is 17.8 Å². The molecule has 6 heteroatoms. The minimum absolute atomic E-state index is 0.168. The molecule has 1 heterocycles. The molecule has 0 unspecified atom stereocenters. The summed E-state index contributed by atoms with van der Waals surface area (Å²) in [5.41, 5.74) is 1.06. The third kappa shape index (κ3) is 3.01. The molecule has 1 fully saturated rings. The van der Waals surface area contributed by atoms with E-state index in [-0.39, 0.29) is 5.57 Å². The molecule has 0 radical (unpaired) electrons. The molecule has 1 saturated carbocycles. The van der Waals surface area contributed by atoms with Crippen molar-refractivity contribution in [3.63, 3.8) is 0 Å². The summed E-state index contributed by atoms with van der Waals surface area (Å²) < 4.78 is 1.21. The summed E-state index contributed by atoms with van der Waals surface area (Å²) in [5, 5.41) is 15.8. The lowest BCUT2D eigenvalue weighted by molar-refractivity contribution is -0.132. The molecule has 1 aromatic rings. The zero-order valence-corrected chi connectivity index (χ0v) is 10.8. The Hall–Kier alpha value is -2.11. The van der Waals surface area contributed by atoms with Crippen LogP contribution >= 0.6 is 0 Å². The molecule has 2 N–H and O–H groups in total. The first kappa shape index (κ1) is 13.3. The van der Waals surface area contributed by atoms with Crippen molar-refractivity contribution in [2.75, 3.05) is 5.32 Å². The van der Waals surface area contributed by atoms with Crippen molar-refractivity contribution in [1.82, 2.24) is 9.78 Å². The second kappa shape index (κ2) is 5.69. The van der Waals surface area contributed by atoms with E-state index in [1.54, 1.807) is 0 Å². The van der Waals surface area contributed by atoms with Gasteiger partial charge in [0, 0.05) is 23.8 Å². The van der Waals surface area contributed by atoms with E-state index in [1.165, 1.54) is 30.6 Å². The number of anilines is 1. The van der Waals surface area contributed by atoms with Crippen LogP contribution in [-0.4, -0.2) is 27.3 Å². The number of rotatable bonds is 5. The molecule has 0 saturated heterocycles. The number of aliphatic carboxylic acids is 1. The number of carbonyl (C=O) groups excluding carboxylic acids is 1. The first-order valence-electron chi connectivity index (χ1n) is 6.33. The van der Waals surface area contributed by atoms with Gasteiger partial charge in [0.05, 0.1) is 5.69 Å². The normalized spacial score (nSPS) is 16.6. The second-order valence-corrected chi connectivity index (χ2v) is 4.76. The van der Waals surface area contributed by atoms with Crippen LogP contribution in [0.5, 0.6) is 0 Å². The minimum atomic E-state index is -0.999. The fourth-order valence-corrected chi connectivity index (χ4v) is 2.27. The average molecular weight is 263 g/mol. The fraction of sp³-hybridized carbons (Fsp3) is 0.462. The summed E-state index contributed by atoms with van der Waals surface area (Å²) in [7, 11) is 0. The molecule has 1 aromatic heterocycles. The lowest BCUT2D eigenvalue weighted by atomic mass is 10.0. The smallest absolute Gasteiger partial charge is 0.332 e. The molecule has 19 heavy (non-hydrogen) atoms. The Bertz CT molecular complexity index is 513. The highest BCUT2D eigenvalue weighted by atomic mass is 16.4. The molecule has 102 valence electrons. The van der Waals surface area contributed by atoms with E-state index < -0.39 is 5.97 Å². The van der Waals surface area contributed by atoms with E-state index in [2.05, 4.69) is 10.4 Å². The number of nitrogens with zero attached hydrogens (tertiary/aromatic N) is 2. The van der Waals surface area contributed by atoms with Crippen molar-refractivity contribution in [2.24, 2.45) is 0 Å². The number of carboxylic acid groups (broad SMARTS) is 1. The summed E-state index contributed by atoms with van der Waals surface area (Å²) in [4.78, 5) is 21.6. The van der Waals surface area contributed by atoms with E-state index in [4.69, 9.17) is 5.11 Å². The van der Waals surface area contributed by atoms with Crippen molar-refractivity contribution in [1.29, 1.82) is 0 Å². The van der Waals surface area contributed by atoms with E-state index in [1.807, 2.05) is 6.07 Å². The van der Waals surface area contributed by atoms with Crippen LogP contribution in [0.2, 0.25) is 0 Å². The molecule has 0 spiro atoms. The molecule has 0 bridgehead atoms. The maximum atomic E-state index is 11.0. The highest BCUT2D eigenvalue weighted by Crippen LogP contribution is 2.34. The van der Waals surface area contributed by atoms with Crippen molar-refractivity contribution < 1.29 is 14.7 Å². The van der Waals surface area contributed by atoms with Gasteiger partial charge >= 0.3 is 5.97 Å². The SMILES string of the molecule is C/C(=C\Nc1cc(C2CCCC2)nn1C=O)C(=O)O. The van der Waals surface area contributed by atoms with Crippen molar-refractivity contribution >= 4 is 18.2 Å². The van der Waals surface area contributed by atoms with Gasteiger partial charge in [-0.1, -0.05) is 12.8 Å². The van der Waals surface area contributed by atoms with Crippen LogP contribution < -0.4 is 5.32 Å². The summed E-state index contributed by atoms with van der Waals surface area (Å²) >= 11 is 0. The van der Waals surface area contributed by atoms with E-state index >= 15 is 0 Å². The van der Waals surface area contributed by atoms with Gasteiger partial charge in [-0.3, -0.25) is 4.79 Å². The number of carbonyl (C=O) groups is 2. The van der Waals surface area contributed by atoms with Gasteiger partial charge in [-0.15, -0.1) is 0 Å². The zero-order chi connectivity index (χ0) is 13.8. The quantitative estimate of drug-likeness (QED) is 0.626. The predicted molar refractivity (Wildman–Crippen MR) is 70.6 cm³/mol. The lowest BCUT2D eigenvalue weighted by Crippen LogP contribution is -2.05. The number of hydrogen-bond acceptors (Lipinski definition) is 4. The first-order valence-corrected chi connectivity index (χ1v) is 6.33. The monoisotopic (exact) mass is 263 g/mol. The van der Waals surface area contributed by atoms with Gasteiger partial charge in [0.2, 0.25) is 6.41 Å². The number of carboxylic acids is 1. The molecular weight excluding hydrogens is 246 g/mol. The molecule has 1 aliphatic rings. The molecular formula is C13H17N3O3. The van der Waals surface area contributed by atoms with Crippen LogP contribution in [0.4, 0.5) is 5.82 Å². The molecule has 0 aliphatic heterocycles. The maximum Gasteiger partial charge on any atom is 0.332 e. The number of hydrogen-bond donors (Lipinski definition) is 2. The summed E-state index contributed by atoms with van der Waals surface area (Å²) in [6.45, 7) is 1.48. The third-order valence-electron chi connectivity index (χ3n) is 3.40. The summed E-state index contributed by atoms with van der Waals surface area (Å²) in [6.07, 6.45) is 6.56.